The Bertz CT molecular complexity index is 273. The maximum atomic E-state index is 13.2. The molecule has 0 unspecified atom stereocenters. The molecule has 0 atom stereocenters. The van der Waals surface area contributed by atoms with Crippen molar-refractivity contribution in [2.45, 2.75) is 6.92 Å². The standard InChI is InChI=1S/C9H8BrF2/c1-6(5-11)7-3-2-4-8(10)9(7)12/h2-4H,5H2,1H3. The second-order valence-corrected chi connectivity index (χ2v) is 3.37. The zero-order valence-electron chi connectivity index (χ0n) is 6.57. The first kappa shape index (κ1) is 9.65. The van der Waals surface area contributed by atoms with Crippen LogP contribution in [0, 0.1) is 11.7 Å². The third-order valence-electron chi connectivity index (χ3n) is 1.61. The quantitative estimate of drug-likeness (QED) is 0.734. The molecule has 0 N–H and O–H groups in total. The van der Waals surface area contributed by atoms with Crippen LogP contribution >= 0.6 is 15.9 Å². The normalized spacial score (nSPS) is 10.8. The van der Waals surface area contributed by atoms with Crippen LogP contribution in [0.3, 0.4) is 0 Å². The van der Waals surface area contributed by atoms with Gasteiger partial charge in [0.05, 0.1) is 11.1 Å². The Morgan fingerprint density at radius 3 is 2.75 bits per heavy atom. The third kappa shape index (κ3) is 1.83. The number of halogens is 3. The Labute approximate surface area is 78.7 Å². The van der Waals surface area contributed by atoms with Gasteiger partial charge in [-0.2, -0.15) is 0 Å². The van der Waals surface area contributed by atoms with E-state index in [0.29, 0.717) is 16.0 Å². The molecule has 1 aromatic rings. The van der Waals surface area contributed by atoms with Crippen molar-refractivity contribution >= 4 is 15.9 Å². The molecule has 65 valence electrons. The lowest BCUT2D eigenvalue weighted by atomic mass is 10.0. The molecular formula is C9H8BrF2. The first-order valence-corrected chi connectivity index (χ1v) is 4.29. The van der Waals surface area contributed by atoms with Crippen molar-refractivity contribution in [1.82, 2.24) is 0 Å². The Balaban J connectivity index is 3.07. The fourth-order valence-corrected chi connectivity index (χ4v) is 1.27. The summed E-state index contributed by atoms with van der Waals surface area (Å²) in [6, 6.07) is 4.83. The molecule has 12 heavy (non-hydrogen) atoms. The monoisotopic (exact) mass is 233 g/mol. The molecular weight excluding hydrogens is 226 g/mol. The molecule has 0 aromatic heterocycles. The van der Waals surface area contributed by atoms with Crippen LogP contribution in [0.5, 0.6) is 0 Å². The highest BCUT2D eigenvalue weighted by Crippen LogP contribution is 2.24. The Morgan fingerprint density at radius 2 is 2.17 bits per heavy atom. The Hall–Kier alpha value is -0.440. The van der Waals surface area contributed by atoms with Crippen molar-refractivity contribution < 1.29 is 8.78 Å². The zero-order valence-corrected chi connectivity index (χ0v) is 8.16. The van der Waals surface area contributed by atoms with E-state index in [-0.39, 0.29) is 0 Å². The molecule has 1 aromatic carbocycles. The van der Waals surface area contributed by atoms with Crippen molar-refractivity contribution in [2.24, 2.45) is 0 Å². The fourth-order valence-electron chi connectivity index (χ4n) is 0.905. The van der Waals surface area contributed by atoms with Gasteiger partial charge in [0.25, 0.3) is 0 Å². The van der Waals surface area contributed by atoms with Gasteiger partial charge in [0, 0.05) is 5.92 Å². The van der Waals surface area contributed by atoms with E-state index in [9.17, 15) is 8.78 Å². The minimum Gasteiger partial charge on any atom is -0.250 e. The number of rotatable bonds is 2. The van der Waals surface area contributed by atoms with E-state index in [1.807, 2.05) is 0 Å². The van der Waals surface area contributed by atoms with Crippen LogP contribution < -0.4 is 0 Å². The molecule has 0 heterocycles. The summed E-state index contributed by atoms with van der Waals surface area (Å²) in [5.74, 6) is 0.0152. The molecule has 0 spiro atoms. The number of hydrogen-bond donors (Lipinski definition) is 0. The van der Waals surface area contributed by atoms with E-state index in [2.05, 4.69) is 15.9 Å². The smallest absolute Gasteiger partial charge is 0.141 e. The summed E-state index contributed by atoms with van der Waals surface area (Å²) in [5.41, 5.74) is 0.340. The predicted molar refractivity (Wildman–Crippen MR) is 48.1 cm³/mol. The van der Waals surface area contributed by atoms with Crippen LogP contribution in [0.1, 0.15) is 12.5 Å². The highest BCUT2D eigenvalue weighted by molar-refractivity contribution is 9.10. The SMILES string of the molecule is C[C](CF)c1cccc(Br)c1F. The first-order valence-electron chi connectivity index (χ1n) is 3.49. The van der Waals surface area contributed by atoms with Crippen LogP contribution in [0.25, 0.3) is 0 Å². The molecule has 0 amide bonds. The molecule has 3 heteroatoms. The van der Waals surface area contributed by atoms with Gasteiger partial charge in [-0.15, -0.1) is 0 Å². The maximum Gasteiger partial charge on any atom is 0.141 e. The number of benzene rings is 1. The lowest BCUT2D eigenvalue weighted by Crippen LogP contribution is -2.00. The highest BCUT2D eigenvalue weighted by Gasteiger charge is 2.12. The maximum absolute atomic E-state index is 13.2. The molecule has 0 saturated carbocycles. The van der Waals surface area contributed by atoms with E-state index in [1.54, 1.807) is 25.1 Å². The fraction of sp³-hybridized carbons (Fsp3) is 0.222. The first-order chi connectivity index (χ1) is 5.66. The van der Waals surface area contributed by atoms with Crippen LogP contribution in [0.2, 0.25) is 0 Å². The van der Waals surface area contributed by atoms with Gasteiger partial charge in [-0.1, -0.05) is 19.1 Å². The predicted octanol–water partition coefficient (Wildman–Crippen LogP) is 3.50. The Morgan fingerprint density at radius 1 is 1.50 bits per heavy atom. The molecule has 0 aliphatic heterocycles. The molecule has 0 nitrogen and oxygen atoms in total. The summed E-state index contributed by atoms with van der Waals surface area (Å²) in [4.78, 5) is 0. The number of hydrogen-bond acceptors (Lipinski definition) is 0. The summed E-state index contributed by atoms with van der Waals surface area (Å²) < 4.78 is 25.7. The lowest BCUT2D eigenvalue weighted by molar-refractivity contribution is 0.506. The molecule has 0 fully saturated rings. The van der Waals surface area contributed by atoms with E-state index in [0.717, 1.165) is 0 Å². The topological polar surface area (TPSA) is 0 Å². The summed E-state index contributed by atoms with van der Waals surface area (Å²) in [6.07, 6.45) is 0. The van der Waals surface area contributed by atoms with Crippen molar-refractivity contribution in [3.8, 4) is 0 Å². The van der Waals surface area contributed by atoms with E-state index in [1.165, 1.54) is 0 Å². The molecule has 0 bridgehead atoms. The van der Waals surface area contributed by atoms with Crippen LogP contribution in [-0.2, 0) is 0 Å². The van der Waals surface area contributed by atoms with Gasteiger partial charge < -0.3 is 0 Å². The summed E-state index contributed by atoms with van der Waals surface area (Å²) in [7, 11) is 0. The molecule has 1 rings (SSSR count). The largest absolute Gasteiger partial charge is 0.250 e. The van der Waals surface area contributed by atoms with Crippen molar-refractivity contribution in [3.63, 3.8) is 0 Å². The van der Waals surface area contributed by atoms with Gasteiger partial charge in [-0.25, -0.2) is 4.39 Å². The molecule has 1 radical (unpaired) electrons. The average Bonchev–Trinajstić information content (AvgIpc) is 2.08. The average molecular weight is 234 g/mol. The van der Waals surface area contributed by atoms with Gasteiger partial charge in [-0.05, 0) is 27.6 Å². The van der Waals surface area contributed by atoms with Gasteiger partial charge in [-0.3, -0.25) is 4.39 Å². The number of alkyl halides is 1. The van der Waals surface area contributed by atoms with Gasteiger partial charge in [0.2, 0.25) is 0 Å². The van der Waals surface area contributed by atoms with E-state index in [4.69, 9.17) is 0 Å². The Kier molecular flexibility index (Phi) is 3.20. The van der Waals surface area contributed by atoms with E-state index >= 15 is 0 Å². The van der Waals surface area contributed by atoms with Crippen LogP contribution in [0.15, 0.2) is 22.7 Å². The molecule has 0 saturated heterocycles. The highest BCUT2D eigenvalue weighted by atomic mass is 79.9. The third-order valence-corrected chi connectivity index (χ3v) is 2.22. The summed E-state index contributed by atoms with van der Waals surface area (Å²) in [5, 5.41) is 0. The zero-order chi connectivity index (χ0) is 9.14. The summed E-state index contributed by atoms with van der Waals surface area (Å²) >= 11 is 3.03. The van der Waals surface area contributed by atoms with Crippen molar-refractivity contribution in [3.05, 3.63) is 40.0 Å². The van der Waals surface area contributed by atoms with Gasteiger partial charge in [0.15, 0.2) is 0 Å². The van der Waals surface area contributed by atoms with Crippen molar-refractivity contribution in [2.75, 3.05) is 6.67 Å². The lowest BCUT2D eigenvalue weighted by Gasteiger charge is -2.07. The van der Waals surface area contributed by atoms with Crippen molar-refractivity contribution in [1.29, 1.82) is 0 Å². The minimum absolute atomic E-state index is 0.340. The molecule has 0 aliphatic carbocycles. The minimum atomic E-state index is -0.618. The van der Waals surface area contributed by atoms with E-state index < -0.39 is 12.5 Å². The van der Waals surface area contributed by atoms with Gasteiger partial charge in [0.1, 0.15) is 5.82 Å². The molecule has 0 aliphatic rings. The van der Waals surface area contributed by atoms with Crippen LogP contribution in [0.4, 0.5) is 8.78 Å². The second kappa shape index (κ2) is 3.99. The van der Waals surface area contributed by atoms with Crippen LogP contribution in [-0.4, -0.2) is 6.67 Å². The second-order valence-electron chi connectivity index (χ2n) is 2.52. The summed E-state index contributed by atoms with van der Waals surface area (Å²) in [6.45, 7) is 0.957. The van der Waals surface area contributed by atoms with Gasteiger partial charge >= 0.3 is 0 Å².